The van der Waals surface area contributed by atoms with Gasteiger partial charge >= 0.3 is 0 Å². The quantitative estimate of drug-likeness (QED) is 0.598. The molecule has 0 N–H and O–H groups in total. The van der Waals surface area contributed by atoms with Gasteiger partial charge in [-0.2, -0.15) is 0 Å². The van der Waals surface area contributed by atoms with Crippen molar-refractivity contribution >= 4 is 9.73 Å². The van der Waals surface area contributed by atoms with Crippen molar-refractivity contribution in [3.05, 3.63) is 0 Å². The molecule has 0 saturated carbocycles. The average Bonchev–Trinajstić information content (AvgIpc) is 2.09. The topological polar surface area (TPSA) is 29.4 Å². The van der Waals surface area contributed by atoms with Crippen LogP contribution in [0.2, 0.25) is 0 Å². The molecule has 1 aliphatic heterocycles. The van der Waals surface area contributed by atoms with Crippen molar-refractivity contribution in [1.29, 1.82) is 0 Å². The highest BCUT2D eigenvalue weighted by Gasteiger charge is 2.22. The molecule has 0 unspecified atom stereocenters. The fraction of sp³-hybridized carbons (Fsp3) is 1.00. The summed E-state index contributed by atoms with van der Waals surface area (Å²) >= 11 is 0. The molecule has 1 heterocycles. The highest BCUT2D eigenvalue weighted by atomic mass is 32.2. The summed E-state index contributed by atoms with van der Waals surface area (Å²) in [7, 11) is -1.79. The monoisotopic (exact) mass is 175 g/mol. The van der Waals surface area contributed by atoms with Crippen molar-refractivity contribution in [2.24, 2.45) is 9.78 Å². The largest absolute Gasteiger partial charge is 0.250 e. The Morgan fingerprint density at radius 1 is 1.45 bits per heavy atom. The van der Waals surface area contributed by atoms with E-state index in [1.54, 1.807) is 0 Å². The second-order valence-electron chi connectivity index (χ2n) is 4.39. The minimum atomic E-state index is -1.79. The van der Waals surface area contributed by atoms with Crippen LogP contribution in [0.3, 0.4) is 0 Å². The summed E-state index contributed by atoms with van der Waals surface area (Å²) in [6.45, 7) is 7.17. The third-order valence-electron chi connectivity index (χ3n) is 1.61. The van der Waals surface area contributed by atoms with Crippen LogP contribution in [-0.4, -0.2) is 22.3 Å². The molecular weight excluding hydrogens is 158 g/mol. The molecule has 66 valence electrons. The second kappa shape index (κ2) is 2.77. The fourth-order valence-electron chi connectivity index (χ4n) is 1.38. The third kappa shape index (κ3) is 2.81. The lowest BCUT2D eigenvalue weighted by Crippen LogP contribution is -2.20. The first-order valence-electron chi connectivity index (χ1n) is 4.10. The number of rotatable bonds is 1. The summed E-state index contributed by atoms with van der Waals surface area (Å²) in [5.41, 5.74) is 0.158. The first-order valence-corrected chi connectivity index (χ1v) is 5.95. The van der Waals surface area contributed by atoms with Gasteiger partial charge < -0.3 is 0 Å². The summed E-state index contributed by atoms with van der Waals surface area (Å²) < 4.78 is 16.0. The molecule has 0 aromatic rings. The lowest BCUT2D eigenvalue weighted by atomic mass is 10.0. The van der Waals surface area contributed by atoms with E-state index in [2.05, 4.69) is 25.1 Å². The fourth-order valence-corrected chi connectivity index (χ4v) is 4.14. The molecule has 0 amide bonds. The maximum atomic E-state index is 11.8. The van der Waals surface area contributed by atoms with Crippen LogP contribution in [0, 0.1) is 5.41 Å². The van der Waals surface area contributed by atoms with Crippen LogP contribution in [0.15, 0.2) is 4.36 Å². The smallest absolute Gasteiger partial charge is 0.0493 e. The minimum Gasteiger partial charge on any atom is -0.250 e. The molecule has 0 aliphatic carbocycles. The molecule has 3 heteroatoms. The van der Waals surface area contributed by atoms with E-state index < -0.39 is 9.73 Å². The van der Waals surface area contributed by atoms with E-state index in [0.717, 1.165) is 24.5 Å². The lowest BCUT2D eigenvalue weighted by molar-refractivity contribution is 0.472. The van der Waals surface area contributed by atoms with Crippen LogP contribution in [0.4, 0.5) is 0 Å². The lowest BCUT2D eigenvalue weighted by Gasteiger charge is -2.18. The first-order chi connectivity index (χ1) is 4.91. The van der Waals surface area contributed by atoms with Crippen LogP contribution in [0.5, 0.6) is 0 Å². The van der Waals surface area contributed by atoms with Gasteiger partial charge in [0.25, 0.3) is 0 Å². The molecule has 0 saturated heterocycles. The zero-order valence-corrected chi connectivity index (χ0v) is 8.41. The summed E-state index contributed by atoms with van der Waals surface area (Å²) in [5, 5.41) is 0. The van der Waals surface area contributed by atoms with Crippen LogP contribution in [-0.2, 0) is 9.73 Å². The second-order valence-corrected chi connectivity index (χ2v) is 6.89. The molecule has 2 nitrogen and oxygen atoms in total. The zero-order chi connectivity index (χ0) is 8.54. The molecule has 0 spiro atoms. The summed E-state index contributed by atoms with van der Waals surface area (Å²) in [5.74, 6) is 1.59. The Balaban J connectivity index is 2.69. The maximum absolute atomic E-state index is 11.8. The van der Waals surface area contributed by atoms with Crippen molar-refractivity contribution in [3.8, 4) is 0 Å². The van der Waals surface area contributed by atoms with Gasteiger partial charge in [0.15, 0.2) is 0 Å². The van der Waals surface area contributed by atoms with Crippen molar-refractivity contribution in [2.75, 3.05) is 18.1 Å². The average molecular weight is 175 g/mol. The molecule has 0 bridgehead atoms. The van der Waals surface area contributed by atoms with Gasteiger partial charge in [0.2, 0.25) is 0 Å². The predicted molar refractivity (Wildman–Crippen MR) is 49.2 cm³/mol. The predicted octanol–water partition coefficient (Wildman–Crippen LogP) is 1.90. The molecule has 1 atom stereocenters. The van der Waals surface area contributed by atoms with E-state index >= 15 is 0 Å². The van der Waals surface area contributed by atoms with E-state index in [-0.39, 0.29) is 5.41 Å². The van der Waals surface area contributed by atoms with Crippen molar-refractivity contribution < 1.29 is 4.21 Å². The molecule has 0 radical (unpaired) electrons. The number of hydrogen-bond donors (Lipinski definition) is 0. The van der Waals surface area contributed by atoms with E-state index in [1.807, 2.05) is 0 Å². The zero-order valence-electron chi connectivity index (χ0n) is 7.59. The van der Waals surface area contributed by atoms with Crippen molar-refractivity contribution in [1.82, 2.24) is 0 Å². The summed E-state index contributed by atoms with van der Waals surface area (Å²) in [6, 6.07) is 0. The van der Waals surface area contributed by atoms with Crippen LogP contribution >= 0.6 is 0 Å². The first kappa shape index (κ1) is 9.04. The van der Waals surface area contributed by atoms with Gasteiger partial charge in [-0.05, 0) is 11.8 Å². The minimum absolute atomic E-state index is 0.158. The van der Waals surface area contributed by atoms with Gasteiger partial charge in [0.1, 0.15) is 0 Å². The van der Waals surface area contributed by atoms with E-state index in [1.165, 1.54) is 0 Å². The van der Waals surface area contributed by atoms with Crippen LogP contribution < -0.4 is 0 Å². The van der Waals surface area contributed by atoms with E-state index in [4.69, 9.17) is 0 Å². The van der Waals surface area contributed by atoms with Crippen molar-refractivity contribution in [3.63, 3.8) is 0 Å². The van der Waals surface area contributed by atoms with Gasteiger partial charge in [-0.3, -0.25) is 0 Å². The van der Waals surface area contributed by atoms with Gasteiger partial charge in [0, 0.05) is 27.8 Å². The molecule has 1 aliphatic rings. The van der Waals surface area contributed by atoms with Crippen LogP contribution in [0.25, 0.3) is 0 Å². The Morgan fingerprint density at radius 3 is 2.45 bits per heavy atom. The van der Waals surface area contributed by atoms with Crippen LogP contribution in [0.1, 0.15) is 27.2 Å². The molecule has 0 fully saturated rings. The van der Waals surface area contributed by atoms with Gasteiger partial charge in [-0.25, -0.2) is 8.57 Å². The van der Waals surface area contributed by atoms with Gasteiger partial charge in [-0.1, -0.05) is 20.8 Å². The van der Waals surface area contributed by atoms with Gasteiger partial charge in [0.05, 0.1) is 0 Å². The molecule has 1 rings (SSSR count). The maximum Gasteiger partial charge on any atom is 0.0493 e. The SMILES string of the molecule is CC(C)(C)C[S@]1(=O)=NCCC1. The number of nitrogens with zero attached hydrogens (tertiary/aromatic N) is 1. The molecule has 0 aromatic carbocycles. The van der Waals surface area contributed by atoms with Crippen molar-refractivity contribution in [2.45, 2.75) is 27.2 Å². The Morgan fingerprint density at radius 2 is 2.09 bits per heavy atom. The van der Waals surface area contributed by atoms with E-state index in [0.29, 0.717) is 0 Å². The Labute approximate surface area is 69.6 Å². The highest BCUT2D eigenvalue weighted by molar-refractivity contribution is 7.93. The normalized spacial score (nSPS) is 31.9. The third-order valence-corrected chi connectivity index (χ3v) is 4.50. The Kier molecular flexibility index (Phi) is 2.28. The standard InChI is InChI=1S/C8H17NOS/c1-8(2,3)7-11(10)6-4-5-9-11/h4-7H2,1-3H3/t11-/m0/s1. The molecule has 0 aromatic heterocycles. The summed E-state index contributed by atoms with van der Waals surface area (Å²) in [4.78, 5) is 0. The highest BCUT2D eigenvalue weighted by Crippen LogP contribution is 2.21. The van der Waals surface area contributed by atoms with Gasteiger partial charge in [-0.15, -0.1) is 0 Å². The molecular formula is C8H17NOS. The van der Waals surface area contributed by atoms with E-state index in [9.17, 15) is 4.21 Å². The Hall–Kier alpha value is -0.0500. The summed E-state index contributed by atoms with van der Waals surface area (Å²) in [6.07, 6.45) is 1.02. The number of hydrogen-bond acceptors (Lipinski definition) is 2. The Bertz CT molecular complexity index is 243. The molecule has 11 heavy (non-hydrogen) atoms.